The first kappa shape index (κ1) is 14.9. The summed E-state index contributed by atoms with van der Waals surface area (Å²) in [5, 5.41) is 9.75. The smallest absolute Gasteiger partial charge is 0.313 e. The number of rotatable bonds is 4. The third-order valence-electron chi connectivity index (χ3n) is 2.28. The average Bonchev–Trinajstić information content (AvgIpc) is 2.40. The molecule has 0 amide bonds. The van der Waals surface area contributed by atoms with E-state index in [0.29, 0.717) is 15.7 Å². The van der Waals surface area contributed by atoms with E-state index in [1.807, 2.05) is 0 Å². The zero-order valence-corrected chi connectivity index (χ0v) is 12.2. The van der Waals surface area contributed by atoms with E-state index in [0.717, 1.165) is 11.8 Å². The number of benzene rings is 1. The Morgan fingerprint density at radius 1 is 1.30 bits per heavy atom. The fraction of sp³-hybridized carbons (Fsp3) is 0.0833. The number of hydrogen-bond donors (Lipinski definition) is 1. The van der Waals surface area contributed by atoms with Gasteiger partial charge in [0.1, 0.15) is 0 Å². The van der Waals surface area contributed by atoms with Crippen LogP contribution in [0.3, 0.4) is 0 Å². The summed E-state index contributed by atoms with van der Waals surface area (Å²) in [5.41, 5.74) is 0.203. The van der Waals surface area contributed by atoms with Crippen LogP contribution in [0.15, 0.2) is 40.4 Å². The first-order valence-corrected chi connectivity index (χ1v) is 7.11. The normalized spacial score (nSPS) is 10.5. The molecule has 104 valence electrons. The number of carbonyl (C=O) groups is 1. The fourth-order valence-electron chi connectivity index (χ4n) is 1.45. The van der Waals surface area contributed by atoms with Gasteiger partial charge in [-0.1, -0.05) is 35.0 Å². The van der Waals surface area contributed by atoms with Gasteiger partial charge < -0.3 is 5.11 Å². The van der Waals surface area contributed by atoms with Crippen LogP contribution in [0.25, 0.3) is 5.69 Å². The number of halogens is 2. The molecule has 2 aromatic rings. The number of nitrogens with zero attached hydrogens (tertiary/aromatic N) is 2. The lowest BCUT2D eigenvalue weighted by Crippen LogP contribution is -2.13. The lowest BCUT2D eigenvalue weighted by atomic mass is 10.3. The van der Waals surface area contributed by atoms with Crippen molar-refractivity contribution in [2.75, 3.05) is 5.75 Å². The second kappa shape index (κ2) is 6.30. The number of thioether (sulfide) groups is 1. The van der Waals surface area contributed by atoms with Crippen LogP contribution in [0.4, 0.5) is 0 Å². The van der Waals surface area contributed by atoms with Gasteiger partial charge in [0.2, 0.25) is 0 Å². The lowest BCUT2D eigenvalue weighted by molar-refractivity contribution is -0.133. The quantitative estimate of drug-likeness (QED) is 0.689. The van der Waals surface area contributed by atoms with Crippen molar-refractivity contribution in [3.8, 4) is 5.69 Å². The van der Waals surface area contributed by atoms with Crippen LogP contribution in [0, 0.1) is 0 Å². The first-order chi connectivity index (χ1) is 9.47. The zero-order chi connectivity index (χ0) is 14.7. The lowest BCUT2D eigenvalue weighted by Gasteiger charge is -2.11. The fourth-order valence-corrected chi connectivity index (χ4v) is 2.45. The Labute approximate surface area is 128 Å². The molecule has 0 aliphatic rings. The molecule has 0 fully saturated rings. The highest BCUT2D eigenvalue weighted by Crippen LogP contribution is 2.26. The van der Waals surface area contributed by atoms with E-state index < -0.39 is 11.5 Å². The van der Waals surface area contributed by atoms with Crippen molar-refractivity contribution in [2.24, 2.45) is 0 Å². The van der Waals surface area contributed by atoms with Gasteiger partial charge in [0.05, 0.1) is 15.8 Å². The van der Waals surface area contributed by atoms with E-state index in [-0.39, 0.29) is 10.9 Å². The molecule has 5 nitrogen and oxygen atoms in total. The van der Waals surface area contributed by atoms with E-state index in [4.69, 9.17) is 28.3 Å². The van der Waals surface area contributed by atoms with Gasteiger partial charge in [0, 0.05) is 18.0 Å². The Morgan fingerprint density at radius 3 is 2.70 bits per heavy atom. The number of carboxylic acid groups (broad SMARTS) is 1. The SMILES string of the molecule is O=C(O)CSc1nc(=O)ccn1-c1ccc(Cl)c(Cl)c1. The van der Waals surface area contributed by atoms with E-state index >= 15 is 0 Å². The van der Waals surface area contributed by atoms with Gasteiger partial charge in [0.15, 0.2) is 5.16 Å². The molecule has 0 atom stereocenters. The molecule has 2 rings (SSSR count). The molecule has 20 heavy (non-hydrogen) atoms. The van der Waals surface area contributed by atoms with Crippen LogP contribution in [0.2, 0.25) is 10.0 Å². The standard InChI is InChI=1S/C12H8Cl2N2O3S/c13-8-2-1-7(5-9(8)14)16-4-3-10(17)15-12(16)20-6-11(18)19/h1-5H,6H2,(H,18,19). The summed E-state index contributed by atoms with van der Waals surface area (Å²) in [4.78, 5) is 25.7. The molecule has 0 unspecified atom stereocenters. The van der Waals surface area contributed by atoms with Gasteiger partial charge >= 0.3 is 5.97 Å². The van der Waals surface area contributed by atoms with Gasteiger partial charge in [0.25, 0.3) is 5.56 Å². The second-order valence-corrected chi connectivity index (χ2v) is 5.46. The molecule has 1 aromatic carbocycles. The predicted molar refractivity (Wildman–Crippen MR) is 78.2 cm³/mol. The summed E-state index contributed by atoms with van der Waals surface area (Å²) in [6, 6.07) is 6.21. The van der Waals surface area contributed by atoms with E-state index in [9.17, 15) is 9.59 Å². The minimum absolute atomic E-state index is 0.197. The molecular weight excluding hydrogens is 323 g/mol. The van der Waals surface area contributed by atoms with Crippen LogP contribution < -0.4 is 5.56 Å². The van der Waals surface area contributed by atoms with Crippen molar-refractivity contribution in [1.29, 1.82) is 0 Å². The maximum absolute atomic E-state index is 11.3. The Hall–Kier alpha value is -1.50. The van der Waals surface area contributed by atoms with Gasteiger partial charge in [-0.2, -0.15) is 4.98 Å². The van der Waals surface area contributed by atoms with Gasteiger partial charge in [-0.05, 0) is 18.2 Å². The number of hydrogen-bond acceptors (Lipinski definition) is 4. The first-order valence-electron chi connectivity index (χ1n) is 5.37. The van der Waals surface area contributed by atoms with E-state index in [2.05, 4.69) is 4.98 Å². The topological polar surface area (TPSA) is 72.2 Å². The Kier molecular flexibility index (Phi) is 4.69. The van der Waals surface area contributed by atoms with Crippen molar-refractivity contribution in [2.45, 2.75) is 5.16 Å². The summed E-state index contributed by atoms with van der Waals surface area (Å²) >= 11 is 12.7. The summed E-state index contributed by atoms with van der Waals surface area (Å²) in [5.74, 6) is -1.19. The molecule has 0 aliphatic heterocycles. The summed E-state index contributed by atoms with van der Waals surface area (Å²) in [7, 11) is 0. The largest absolute Gasteiger partial charge is 0.481 e. The zero-order valence-electron chi connectivity index (χ0n) is 9.92. The Bertz CT molecular complexity index is 718. The summed E-state index contributed by atoms with van der Waals surface area (Å²) in [6.07, 6.45) is 1.51. The molecule has 0 saturated carbocycles. The van der Waals surface area contributed by atoms with Gasteiger partial charge in [-0.15, -0.1) is 0 Å². The monoisotopic (exact) mass is 330 g/mol. The van der Waals surface area contributed by atoms with Gasteiger partial charge in [-0.3, -0.25) is 14.2 Å². The molecule has 0 aliphatic carbocycles. The van der Waals surface area contributed by atoms with Crippen molar-refractivity contribution >= 4 is 40.9 Å². The molecule has 1 aromatic heterocycles. The van der Waals surface area contributed by atoms with Crippen molar-refractivity contribution < 1.29 is 9.90 Å². The Morgan fingerprint density at radius 2 is 2.05 bits per heavy atom. The summed E-state index contributed by atoms with van der Waals surface area (Å²) in [6.45, 7) is 0. The molecular formula is C12H8Cl2N2O3S. The molecule has 8 heteroatoms. The molecule has 0 radical (unpaired) electrons. The van der Waals surface area contributed by atoms with Crippen LogP contribution in [-0.2, 0) is 4.79 Å². The van der Waals surface area contributed by atoms with Crippen molar-refractivity contribution in [3.05, 3.63) is 50.9 Å². The molecule has 1 N–H and O–H groups in total. The molecule has 0 saturated heterocycles. The molecule has 1 heterocycles. The van der Waals surface area contributed by atoms with Crippen LogP contribution in [0.1, 0.15) is 0 Å². The highest BCUT2D eigenvalue weighted by Gasteiger charge is 2.09. The highest BCUT2D eigenvalue weighted by atomic mass is 35.5. The minimum atomic E-state index is -0.992. The molecule has 0 spiro atoms. The van der Waals surface area contributed by atoms with Crippen LogP contribution in [0.5, 0.6) is 0 Å². The minimum Gasteiger partial charge on any atom is -0.481 e. The number of aromatic nitrogens is 2. The maximum Gasteiger partial charge on any atom is 0.313 e. The summed E-state index contributed by atoms with van der Waals surface area (Å²) < 4.78 is 1.58. The number of carboxylic acids is 1. The highest BCUT2D eigenvalue weighted by molar-refractivity contribution is 7.99. The van der Waals surface area contributed by atoms with E-state index in [1.54, 1.807) is 22.8 Å². The van der Waals surface area contributed by atoms with Crippen LogP contribution >= 0.6 is 35.0 Å². The second-order valence-electron chi connectivity index (χ2n) is 3.70. The number of aliphatic carboxylic acids is 1. The third kappa shape index (κ3) is 3.53. The van der Waals surface area contributed by atoms with Crippen LogP contribution in [-0.4, -0.2) is 26.4 Å². The maximum atomic E-state index is 11.3. The Balaban J connectivity index is 2.46. The van der Waals surface area contributed by atoms with Gasteiger partial charge in [-0.25, -0.2) is 0 Å². The predicted octanol–water partition coefficient (Wildman–Crippen LogP) is 2.72. The van der Waals surface area contributed by atoms with E-state index in [1.165, 1.54) is 12.3 Å². The molecule has 0 bridgehead atoms. The third-order valence-corrected chi connectivity index (χ3v) is 3.96. The average molecular weight is 331 g/mol. The van der Waals surface area contributed by atoms with Crippen molar-refractivity contribution in [3.63, 3.8) is 0 Å². The van der Waals surface area contributed by atoms with Crippen molar-refractivity contribution in [1.82, 2.24) is 9.55 Å².